The standard InChI is InChI=1S/C12H25NO/c1-10(2)9-11(3)14-12(7-8-13)5-4-6-12/h10-11H,4-9,13H2,1-3H3. The molecule has 0 bridgehead atoms. The second kappa shape index (κ2) is 5.13. The number of hydrogen-bond acceptors (Lipinski definition) is 2. The summed E-state index contributed by atoms with van der Waals surface area (Å²) in [5.41, 5.74) is 5.78. The van der Waals surface area contributed by atoms with Crippen molar-refractivity contribution in [3.05, 3.63) is 0 Å². The molecule has 1 fully saturated rings. The van der Waals surface area contributed by atoms with E-state index < -0.39 is 0 Å². The van der Waals surface area contributed by atoms with Gasteiger partial charge in [-0.25, -0.2) is 0 Å². The van der Waals surface area contributed by atoms with E-state index in [1.165, 1.54) is 19.3 Å². The van der Waals surface area contributed by atoms with Crippen LogP contribution < -0.4 is 5.73 Å². The molecule has 0 amide bonds. The molecule has 2 heteroatoms. The molecule has 1 aliphatic rings. The number of ether oxygens (including phenoxy) is 1. The van der Waals surface area contributed by atoms with Crippen molar-refractivity contribution in [3.63, 3.8) is 0 Å². The molecule has 1 saturated carbocycles. The van der Waals surface area contributed by atoms with Crippen LogP contribution in [-0.2, 0) is 4.74 Å². The van der Waals surface area contributed by atoms with E-state index in [1.54, 1.807) is 0 Å². The van der Waals surface area contributed by atoms with Crippen LogP contribution in [0.2, 0.25) is 0 Å². The van der Waals surface area contributed by atoms with Crippen molar-refractivity contribution in [2.24, 2.45) is 11.7 Å². The summed E-state index contributed by atoms with van der Waals surface area (Å²) in [6.45, 7) is 7.44. The molecule has 84 valence electrons. The highest BCUT2D eigenvalue weighted by Gasteiger charge is 2.38. The van der Waals surface area contributed by atoms with Gasteiger partial charge in [-0.3, -0.25) is 0 Å². The van der Waals surface area contributed by atoms with Gasteiger partial charge in [0.15, 0.2) is 0 Å². The van der Waals surface area contributed by atoms with E-state index in [1.807, 2.05) is 0 Å². The van der Waals surface area contributed by atoms with Crippen molar-refractivity contribution in [1.82, 2.24) is 0 Å². The van der Waals surface area contributed by atoms with Crippen LogP contribution in [0.3, 0.4) is 0 Å². The Labute approximate surface area is 88.2 Å². The zero-order valence-corrected chi connectivity index (χ0v) is 9.88. The largest absolute Gasteiger partial charge is 0.372 e. The second-order valence-corrected chi connectivity index (χ2v) is 5.13. The van der Waals surface area contributed by atoms with E-state index in [0.29, 0.717) is 6.10 Å². The lowest BCUT2D eigenvalue weighted by atomic mass is 9.77. The maximum atomic E-state index is 6.15. The molecule has 1 atom stereocenters. The second-order valence-electron chi connectivity index (χ2n) is 5.13. The van der Waals surface area contributed by atoms with Crippen LogP contribution >= 0.6 is 0 Å². The Morgan fingerprint density at radius 3 is 2.29 bits per heavy atom. The molecule has 1 aliphatic carbocycles. The normalized spacial score (nSPS) is 22.1. The molecule has 0 heterocycles. The summed E-state index contributed by atoms with van der Waals surface area (Å²) in [5.74, 6) is 0.722. The first-order valence-corrected chi connectivity index (χ1v) is 5.96. The molecule has 2 nitrogen and oxygen atoms in total. The average Bonchev–Trinajstić information content (AvgIpc) is 1.99. The summed E-state index contributed by atoms with van der Waals surface area (Å²) in [6.07, 6.45) is 6.33. The summed E-state index contributed by atoms with van der Waals surface area (Å²) in [6, 6.07) is 0. The molecule has 0 radical (unpaired) electrons. The highest BCUT2D eigenvalue weighted by atomic mass is 16.5. The molecule has 0 aromatic rings. The van der Waals surface area contributed by atoms with Crippen LogP contribution in [0.1, 0.15) is 52.9 Å². The number of nitrogens with two attached hydrogens (primary N) is 1. The third-order valence-corrected chi connectivity index (χ3v) is 3.12. The lowest BCUT2D eigenvalue weighted by molar-refractivity contribution is -0.140. The summed E-state index contributed by atoms with van der Waals surface area (Å²) in [5, 5.41) is 0. The van der Waals surface area contributed by atoms with Crippen LogP contribution in [0.4, 0.5) is 0 Å². The van der Waals surface area contributed by atoms with Crippen LogP contribution in [0, 0.1) is 5.92 Å². The minimum atomic E-state index is 0.156. The number of rotatable bonds is 6. The van der Waals surface area contributed by atoms with Gasteiger partial charge in [0.05, 0.1) is 11.7 Å². The molecule has 0 saturated heterocycles. The van der Waals surface area contributed by atoms with Crippen LogP contribution in [0.5, 0.6) is 0 Å². The first-order chi connectivity index (χ1) is 6.58. The van der Waals surface area contributed by atoms with Crippen LogP contribution in [-0.4, -0.2) is 18.2 Å². The Bertz CT molecular complexity index is 164. The van der Waals surface area contributed by atoms with Gasteiger partial charge in [0.2, 0.25) is 0 Å². The topological polar surface area (TPSA) is 35.2 Å². The van der Waals surface area contributed by atoms with Gasteiger partial charge in [-0.05, 0) is 51.5 Å². The van der Waals surface area contributed by atoms with Gasteiger partial charge in [0.1, 0.15) is 0 Å². The predicted octanol–water partition coefficient (Wildman–Crippen LogP) is 2.71. The molecule has 0 aromatic heterocycles. The molecule has 0 spiro atoms. The van der Waals surface area contributed by atoms with E-state index in [2.05, 4.69) is 20.8 Å². The van der Waals surface area contributed by atoms with E-state index in [4.69, 9.17) is 10.5 Å². The van der Waals surface area contributed by atoms with Crippen molar-refractivity contribution in [2.75, 3.05) is 6.54 Å². The van der Waals surface area contributed by atoms with E-state index >= 15 is 0 Å². The van der Waals surface area contributed by atoms with Crippen molar-refractivity contribution in [2.45, 2.75) is 64.6 Å². The van der Waals surface area contributed by atoms with Crippen molar-refractivity contribution in [3.8, 4) is 0 Å². The van der Waals surface area contributed by atoms with Crippen molar-refractivity contribution < 1.29 is 4.74 Å². The maximum Gasteiger partial charge on any atom is 0.0698 e. The van der Waals surface area contributed by atoms with Gasteiger partial charge in [-0.15, -0.1) is 0 Å². The number of hydrogen-bond donors (Lipinski definition) is 1. The Morgan fingerprint density at radius 1 is 1.29 bits per heavy atom. The predicted molar refractivity (Wildman–Crippen MR) is 60.3 cm³/mol. The minimum Gasteiger partial charge on any atom is -0.372 e. The molecular formula is C12H25NO. The smallest absolute Gasteiger partial charge is 0.0698 e. The quantitative estimate of drug-likeness (QED) is 0.714. The zero-order valence-electron chi connectivity index (χ0n) is 9.88. The molecular weight excluding hydrogens is 174 g/mol. The Kier molecular flexibility index (Phi) is 4.39. The first-order valence-electron chi connectivity index (χ1n) is 5.96. The molecule has 2 N–H and O–H groups in total. The highest BCUT2D eigenvalue weighted by molar-refractivity contribution is 4.90. The third kappa shape index (κ3) is 3.25. The molecule has 0 aromatic carbocycles. The lowest BCUT2D eigenvalue weighted by Crippen LogP contribution is -2.44. The Hall–Kier alpha value is -0.0800. The van der Waals surface area contributed by atoms with Crippen molar-refractivity contribution >= 4 is 0 Å². The molecule has 14 heavy (non-hydrogen) atoms. The minimum absolute atomic E-state index is 0.156. The lowest BCUT2D eigenvalue weighted by Gasteiger charge is -2.43. The fourth-order valence-electron chi connectivity index (χ4n) is 2.40. The summed E-state index contributed by atoms with van der Waals surface area (Å²) < 4.78 is 6.15. The van der Waals surface area contributed by atoms with Gasteiger partial charge >= 0.3 is 0 Å². The summed E-state index contributed by atoms with van der Waals surface area (Å²) in [4.78, 5) is 0. The summed E-state index contributed by atoms with van der Waals surface area (Å²) >= 11 is 0. The molecule has 1 unspecified atom stereocenters. The van der Waals surface area contributed by atoms with Gasteiger partial charge in [-0.1, -0.05) is 13.8 Å². The third-order valence-electron chi connectivity index (χ3n) is 3.12. The monoisotopic (exact) mass is 199 g/mol. The summed E-state index contributed by atoms with van der Waals surface area (Å²) in [7, 11) is 0. The Balaban J connectivity index is 2.32. The van der Waals surface area contributed by atoms with Crippen LogP contribution in [0.15, 0.2) is 0 Å². The highest BCUT2D eigenvalue weighted by Crippen LogP contribution is 2.39. The van der Waals surface area contributed by atoms with Crippen molar-refractivity contribution in [1.29, 1.82) is 0 Å². The van der Waals surface area contributed by atoms with E-state index in [0.717, 1.165) is 25.3 Å². The first kappa shape index (κ1) is 12.0. The van der Waals surface area contributed by atoms with Gasteiger partial charge < -0.3 is 10.5 Å². The van der Waals surface area contributed by atoms with Gasteiger partial charge in [0, 0.05) is 0 Å². The Morgan fingerprint density at radius 2 is 1.93 bits per heavy atom. The van der Waals surface area contributed by atoms with Gasteiger partial charge in [0.25, 0.3) is 0 Å². The van der Waals surface area contributed by atoms with E-state index in [9.17, 15) is 0 Å². The van der Waals surface area contributed by atoms with E-state index in [-0.39, 0.29) is 5.60 Å². The van der Waals surface area contributed by atoms with Crippen LogP contribution in [0.25, 0.3) is 0 Å². The fraction of sp³-hybridized carbons (Fsp3) is 1.00. The molecule has 1 rings (SSSR count). The zero-order chi connectivity index (χ0) is 10.6. The molecule has 0 aliphatic heterocycles. The van der Waals surface area contributed by atoms with Gasteiger partial charge in [-0.2, -0.15) is 0 Å². The fourth-order valence-corrected chi connectivity index (χ4v) is 2.40. The maximum absolute atomic E-state index is 6.15. The average molecular weight is 199 g/mol. The SMILES string of the molecule is CC(C)CC(C)OC1(CCN)CCC1.